The zero-order valence-electron chi connectivity index (χ0n) is 24.8. The van der Waals surface area contributed by atoms with Crippen molar-refractivity contribution < 1.29 is 14.4 Å². The van der Waals surface area contributed by atoms with Gasteiger partial charge in [-0.1, -0.05) is 19.3 Å². The normalized spacial score (nSPS) is 30.1. The van der Waals surface area contributed by atoms with Gasteiger partial charge in [0.05, 0.1) is 18.1 Å². The van der Waals surface area contributed by atoms with E-state index >= 15 is 0 Å². The molecule has 0 aromatic carbocycles. The van der Waals surface area contributed by atoms with E-state index in [0.29, 0.717) is 19.3 Å². The summed E-state index contributed by atoms with van der Waals surface area (Å²) < 4.78 is 3.71. The molecule has 0 saturated heterocycles. The molecule has 1 aromatic heterocycles. The van der Waals surface area contributed by atoms with E-state index in [1.165, 1.54) is 13.7 Å². The molecule has 9 atom stereocenters. The topological polar surface area (TPSA) is 154 Å². The first-order chi connectivity index (χ1) is 20.2. The summed E-state index contributed by atoms with van der Waals surface area (Å²) in [6.45, 7) is 5.50. The van der Waals surface area contributed by atoms with Crippen molar-refractivity contribution in [2.75, 3.05) is 0 Å². The number of isocyanates is 3. The van der Waals surface area contributed by atoms with Crippen molar-refractivity contribution in [3.8, 4) is 0 Å². The van der Waals surface area contributed by atoms with Gasteiger partial charge >= 0.3 is 17.1 Å². The van der Waals surface area contributed by atoms with Gasteiger partial charge in [0.25, 0.3) is 0 Å². The fraction of sp³-hybridized carbons (Fsp3) is 0.800. The first-order valence-electron chi connectivity index (χ1n) is 15.4. The fourth-order valence-corrected chi connectivity index (χ4v) is 7.76. The Morgan fingerprint density at radius 2 is 0.786 bits per heavy atom. The predicted molar refractivity (Wildman–Crippen MR) is 155 cm³/mol. The number of aromatic nitrogens is 3. The summed E-state index contributed by atoms with van der Waals surface area (Å²) in [6, 6.07) is -2.19. The van der Waals surface area contributed by atoms with Crippen molar-refractivity contribution in [3.63, 3.8) is 0 Å². The first-order valence-corrected chi connectivity index (χ1v) is 15.4. The molecule has 42 heavy (non-hydrogen) atoms. The van der Waals surface area contributed by atoms with Crippen molar-refractivity contribution in [1.29, 1.82) is 0 Å². The molecule has 0 amide bonds. The van der Waals surface area contributed by atoms with Gasteiger partial charge in [-0.2, -0.15) is 0 Å². The Labute approximate surface area is 244 Å². The van der Waals surface area contributed by atoms with Crippen LogP contribution in [0.2, 0.25) is 0 Å². The van der Waals surface area contributed by atoms with Crippen molar-refractivity contribution in [3.05, 3.63) is 31.5 Å². The van der Waals surface area contributed by atoms with Gasteiger partial charge in [0.15, 0.2) is 0 Å². The fourth-order valence-electron chi connectivity index (χ4n) is 7.76. The van der Waals surface area contributed by atoms with Crippen LogP contribution in [0.25, 0.3) is 0 Å². The minimum absolute atomic E-state index is 0.0850. The molecule has 3 fully saturated rings. The smallest absolute Gasteiger partial charge is 0.247 e. The lowest BCUT2D eigenvalue weighted by atomic mass is 9.81. The summed E-state index contributed by atoms with van der Waals surface area (Å²) in [5.74, 6) is -0.255. The van der Waals surface area contributed by atoms with Gasteiger partial charge in [0.1, 0.15) is 0 Å². The number of rotatable bonds is 9. The van der Waals surface area contributed by atoms with Crippen LogP contribution in [0.5, 0.6) is 0 Å². The summed E-state index contributed by atoms with van der Waals surface area (Å²) in [6.07, 6.45) is 13.6. The summed E-state index contributed by atoms with van der Waals surface area (Å²) >= 11 is 0. The lowest BCUT2D eigenvalue weighted by Gasteiger charge is -2.35. The second kappa shape index (κ2) is 14.1. The van der Waals surface area contributed by atoms with Crippen LogP contribution in [0.3, 0.4) is 0 Å². The Kier molecular flexibility index (Phi) is 10.6. The highest BCUT2D eigenvalue weighted by atomic mass is 16.2. The third-order valence-electron chi connectivity index (χ3n) is 10.3. The molecule has 0 spiro atoms. The van der Waals surface area contributed by atoms with Crippen LogP contribution < -0.4 is 17.1 Å². The highest BCUT2D eigenvalue weighted by molar-refractivity contribution is 5.34. The predicted octanol–water partition coefficient (Wildman–Crippen LogP) is 3.54. The second-order valence-corrected chi connectivity index (χ2v) is 12.6. The summed E-state index contributed by atoms with van der Waals surface area (Å²) in [5, 5.41) is 0. The zero-order valence-corrected chi connectivity index (χ0v) is 24.8. The molecule has 3 aliphatic rings. The minimum atomic E-state index is -0.637. The molecule has 3 aliphatic carbocycles. The molecular formula is C30H42N6O6. The van der Waals surface area contributed by atoms with Crippen molar-refractivity contribution in [1.82, 2.24) is 13.7 Å². The van der Waals surface area contributed by atoms with Gasteiger partial charge in [0.2, 0.25) is 18.2 Å². The van der Waals surface area contributed by atoms with E-state index in [-0.39, 0.29) is 35.9 Å². The molecule has 0 aliphatic heterocycles. The molecule has 4 rings (SSSR count). The van der Waals surface area contributed by atoms with Crippen LogP contribution in [-0.4, -0.2) is 50.1 Å². The average molecular weight is 583 g/mol. The van der Waals surface area contributed by atoms with Crippen LogP contribution in [0.15, 0.2) is 29.4 Å². The monoisotopic (exact) mass is 582 g/mol. The highest BCUT2D eigenvalue weighted by Crippen LogP contribution is 2.36. The average Bonchev–Trinajstić information content (AvgIpc) is 2.98. The standard InChI is InChI=1S/C30H42N6O6/c1-19(22-7-4-10-25(13-22)31-16-37)34-28(40)35(20(2)23-8-5-11-26(14-23)32-17-38)30(42)36(29(34)41)21(3)24-9-6-12-27(15-24)33-18-39/h19-27H,4-15H2,1-3H3. The number of carbonyl (C=O) groups excluding carboxylic acids is 3. The van der Waals surface area contributed by atoms with Crippen LogP contribution in [-0.2, 0) is 14.4 Å². The van der Waals surface area contributed by atoms with E-state index in [4.69, 9.17) is 0 Å². The van der Waals surface area contributed by atoms with E-state index in [1.807, 2.05) is 20.8 Å². The van der Waals surface area contributed by atoms with Gasteiger partial charge in [0, 0.05) is 18.1 Å². The Hall–Kier alpha value is -3.45. The Morgan fingerprint density at radius 1 is 0.524 bits per heavy atom. The van der Waals surface area contributed by atoms with Gasteiger partial charge in [-0.05, 0) is 96.3 Å². The summed E-state index contributed by atoms with van der Waals surface area (Å²) in [4.78, 5) is 87.1. The minimum Gasteiger partial charge on any atom is -0.247 e. The molecule has 9 unspecified atom stereocenters. The van der Waals surface area contributed by atoms with E-state index in [2.05, 4.69) is 15.0 Å². The molecule has 1 heterocycles. The van der Waals surface area contributed by atoms with Crippen molar-refractivity contribution >= 4 is 18.2 Å². The van der Waals surface area contributed by atoms with Gasteiger partial charge in [-0.15, -0.1) is 0 Å². The van der Waals surface area contributed by atoms with Crippen LogP contribution in [0, 0.1) is 17.8 Å². The van der Waals surface area contributed by atoms with E-state index in [0.717, 1.165) is 57.8 Å². The Morgan fingerprint density at radius 3 is 1.02 bits per heavy atom. The molecule has 12 nitrogen and oxygen atoms in total. The largest absolute Gasteiger partial charge is 0.336 e. The zero-order chi connectivity index (χ0) is 30.4. The van der Waals surface area contributed by atoms with Crippen LogP contribution >= 0.6 is 0 Å². The van der Waals surface area contributed by atoms with Gasteiger partial charge < -0.3 is 0 Å². The van der Waals surface area contributed by atoms with Crippen LogP contribution in [0.1, 0.15) is 116 Å². The number of hydrogen-bond donors (Lipinski definition) is 0. The molecule has 0 N–H and O–H groups in total. The summed E-state index contributed by atoms with van der Waals surface area (Å²) in [7, 11) is 0. The third-order valence-corrected chi connectivity index (χ3v) is 10.3. The molecule has 1 aromatic rings. The van der Waals surface area contributed by atoms with E-state index in [9.17, 15) is 28.8 Å². The first kappa shape index (κ1) is 31.5. The highest BCUT2D eigenvalue weighted by Gasteiger charge is 2.36. The SMILES string of the molecule is CC(C1CCCC(N=C=O)C1)n1c(=O)n(C(C)C2CCCC(N=C=O)C2)c(=O)n(C(C)C2CCCC(N=C=O)C2)c1=O. The van der Waals surface area contributed by atoms with Gasteiger partial charge in [-0.3, -0.25) is 0 Å². The van der Waals surface area contributed by atoms with Gasteiger partial charge in [-0.25, -0.2) is 57.4 Å². The van der Waals surface area contributed by atoms with Crippen molar-refractivity contribution in [2.24, 2.45) is 32.7 Å². The Bertz CT molecular complexity index is 1240. The molecule has 228 valence electrons. The second-order valence-electron chi connectivity index (χ2n) is 12.6. The molecule has 3 saturated carbocycles. The number of aliphatic imine (C=N–C) groups is 3. The molecule has 12 heteroatoms. The number of hydrogen-bond acceptors (Lipinski definition) is 9. The summed E-state index contributed by atoms with van der Waals surface area (Å²) in [5.41, 5.74) is -1.91. The maximum Gasteiger partial charge on any atom is 0.336 e. The maximum atomic E-state index is 14.2. The van der Waals surface area contributed by atoms with E-state index in [1.54, 1.807) is 18.2 Å². The molecule has 0 bridgehead atoms. The number of nitrogens with zero attached hydrogens (tertiary/aromatic N) is 6. The van der Waals surface area contributed by atoms with E-state index < -0.39 is 35.2 Å². The lowest BCUT2D eigenvalue weighted by Crippen LogP contribution is -2.58. The Balaban J connectivity index is 1.82. The van der Waals surface area contributed by atoms with Crippen molar-refractivity contribution in [2.45, 2.75) is 134 Å². The third kappa shape index (κ3) is 6.62. The quantitative estimate of drug-likeness (QED) is 0.320. The van der Waals surface area contributed by atoms with Crippen LogP contribution in [0.4, 0.5) is 0 Å². The molecule has 0 radical (unpaired) electrons. The molecular weight excluding hydrogens is 540 g/mol. The lowest BCUT2D eigenvalue weighted by molar-refractivity contribution is 0.184. The maximum absolute atomic E-state index is 14.2.